The lowest BCUT2D eigenvalue weighted by atomic mass is 10.1. The van der Waals surface area contributed by atoms with Gasteiger partial charge in [-0.3, -0.25) is 19.2 Å². The molecular weight excluding hydrogens is 426 g/mol. The third-order valence-electron chi connectivity index (χ3n) is 4.72. The van der Waals surface area contributed by atoms with E-state index in [2.05, 4.69) is 42.9 Å². The van der Waals surface area contributed by atoms with Crippen molar-refractivity contribution < 1.29 is 19.2 Å². The number of benzene rings is 1. The average molecular weight is 466 g/mol. The molecule has 1 saturated heterocycles. The summed E-state index contributed by atoms with van der Waals surface area (Å²) < 4.78 is 0. The molecule has 1 aromatic carbocycles. The van der Waals surface area contributed by atoms with Crippen LogP contribution in [0, 0.1) is 12.8 Å². The molecule has 0 saturated carbocycles. The second-order valence-corrected chi connectivity index (χ2v) is 9.09. The Bertz CT molecular complexity index is 723. The zero-order chi connectivity index (χ0) is 24.7. The van der Waals surface area contributed by atoms with Gasteiger partial charge in [0, 0.05) is 18.9 Å². The molecule has 2 rings (SSSR count). The van der Waals surface area contributed by atoms with Gasteiger partial charge in [-0.2, -0.15) is 11.8 Å². The van der Waals surface area contributed by atoms with Gasteiger partial charge in [0.15, 0.2) is 5.78 Å². The molecule has 0 aliphatic carbocycles. The van der Waals surface area contributed by atoms with Crippen molar-refractivity contribution in [2.75, 3.05) is 25.1 Å². The first-order valence-corrected chi connectivity index (χ1v) is 12.3. The Morgan fingerprint density at radius 3 is 2.16 bits per heavy atom. The number of Topliss-reactive ketones (excluding diaryl/α,β-unsaturated/α-hetero) is 1. The van der Waals surface area contributed by atoms with E-state index >= 15 is 0 Å². The third kappa shape index (κ3) is 12.5. The molecule has 8 heteroatoms. The maximum absolute atomic E-state index is 12.2. The fraction of sp³-hybridized carbons (Fsp3) is 0.583. The van der Waals surface area contributed by atoms with E-state index in [9.17, 15) is 19.2 Å². The highest BCUT2D eigenvalue weighted by molar-refractivity contribution is 7.98. The zero-order valence-corrected chi connectivity index (χ0v) is 21.3. The summed E-state index contributed by atoms with van der Waals surface area (Å²) in [5, 5.41) is 4.96. The molecule has 2 atom stereocenters. The molecule has 3 amide bonds. The monoisotopic (exact) mass is 465 g/mol. The average Bonchev–Trinajstić information content (AvgIpc) is 3.00. The quantitative estimate of drug-likeness (QED) is 0.646. The topological polar surface area (TPSA) is 95.6 Å². The molecular formula is C24H39N3O4S. The van der Waals surface area contributed by atoms with E-state index in [1.54, 1.807) is 13.8 Å². The molecule has 1 aromatic rings. The molecule has 1 fully saturated rings. The molecule has 2 N–H and O–H groups in total. The van der Waals surface area contributed by atoms with Crippen molar-refractivity contribution in [3.8, 4) is 0 Å². The molecule has 7 nitrogen and oxygen atoms in total. The second kappa shape index (κ2) is 16.3. The van der Waals surface area contributed by atoms with Crippen LogP contribution in [-0.4, -0.2) is 65.6 Å². The number of amides is 3. The van der Waals surface area contributed by atoms with Gasteiger partial charge in [0.1, 0.15) is 6.04 Å². The van der Waals surface area contributed by atoms with Crippen molar-refractivity contribution in [3.63, 3.8) is 0 Å². The van der Waals surface area contributed by atoms with E-state index in [1.165, 1.54) is 23.1 Å². The summed E-state index contributed by atoms with van der Waals surface area (Å²) in [6.07, 6.45) is 2.57. The Balaban J connectivity index is 0.000000712. The standard InChI is InChI=1S/C14H23N3O4.C7H8.C3H8S/c1-8(2)12(19)7-17-9(3)5-11(14(17)21)16-13(20)6-15-10(4)18;1-7-5-3-2-4-6-7;1-3-4-2/h8-9,11H,5-7H2,1-4H3,(H,15,18)(H,16,20);2-6H,1H3;3H2,1-2H3. The van der Waals surface area contributed by atoms with Gasteiger partial charge in [-0.15, -0.1) is 0 Å². The number of thioether (sulfide) groups is 1. The Kier molecular flexibility index (Phi) is 15.1. The molecule has 0 aromatic heterocycles. The first-order chi connectivity index (χ1) is 15.0. The van der Waals surface area contributed by atoms with E-state index in [0.717, 1.165) is 0 Å². The van der Waals surface area contributed by atoms with E-state index in [4.69, 9.17) is 0 Å². The van der Waals surface area contributed by atoms with Gasteiger partial charge in [-0.05, 0) is 32.3 Å². The number of hydrogen-bond donors (Lipinski definition) is 2. The fourth-order valence-electron chi connectivity index (χ4n) is 2.68. The molecule has 1 aliphatic rings. The fourth-order valence-corrected chi connectivity index (χ4v) is 2.68. The number of carbonyl (C=O) groups is 4. The van der Waals surface area contributed by atoms with Gasteiger partial charge in [-0.25, -0.2) is 0 Å². The van der Waals surface area contributed by atoms with Crippen LogP contribution in [0.15, 0.2) is 30.3 Å². The highest BCUT2D eigenvalue weighted by Crippen LogP contribution is 2.19. The number of carbonyl (C=O) groups excluding carboxylic acids is 4. The van der Waals surface area contributed by atoms with Crippen LogP contribution in [0.2, 0.25) is 0 Å². The van der Waals surface area contributed by atoms with Gasteiger partial charge in [0.2, 0.25) is 17.7 Å². The van der Waals surface area contributed by atoms with Gasteiger partial charge in [-0.1, -0.05) is 56.7 Å². The molecule has 2 unspecified atom stereocenters. The zero-order valence-electron chi connectivity index (χ0n) is 20.4. The maximum atomic E-state index is 12.2. The number of aryl methyl sites for hydroxylation is 1. The largest absolute Gasteiger partial charge is 0.347 e. The number of nitrogens with one attached hydrogen (secondary N) is 2. The van der Waals surface area contributed by atoms with Crippen molar-refractivity contribution in [2.24, 2.45) is 5.92 Å². The van der Waals surface area contributed by atoms with Crippen LogP contribution in [0.1, 0.15) is 46.6 Å². The van der Waals surface area contributed by atoms with Gasteiger partial charge < -0.3 is 15.5 Å². The van der Waals surface area contributed by atoms with E-state index in [-0.39, 0.29) is 42.6 Å². The van der Waals surface area contributed by atoms with Crippen LogP contribution >= 0.6 is 11.8 Å². The van der Waals surface area contributed by atoms with Crippen LogP contribution in [0.5, 0.6) is 0 Å². The molecule has 1 aliphatic heterocycles. The minimum atomic E-state index is -0.624. The lowest BCUT2D eigenvalue weighted by Gasteiger charge is -2.21. The normalized spacial score (nSPS) is 17.0. The minimum Gasteiger partial charge on any atom is -0.347 e. The van der Waals surface area contributed by atoms with Gasteiger partial charge >= 0.3 is 0 Å². The molecule has 1 heterocycles. The summed E-state index contributed by atoms with van der Waals surface area (Å²) >= 11 is 1.86. The molecule has 0 spiro atoms. The smallest absolute Gasteiger partial charge is 0.245 e. The number of ketones is 1. The summed E-state index contributed by atoms with van der Waals surface area (Å²) in [4.78, 5) is 47.9. The lowest BCUT2D eigenvalue weighted by molar-refractivity contribution is -0.136. The number of nitrogens with zero attached hydrogens (tertiary/aromatic N) is 1. The Labute approximate surface area is 197 Å². The first-order valence-electron chi connectivity index (χ1n) is 10.9. The lowest BCUT2D eigenvalue weighted by Crippen LogP contribution is -2.46. The van der Waals surface area contributed by atoms with Crippen LogP contribution in [0.3, 0.4) is 0 Å². The van der Waals surface area contributed by atoms with Crippen molar-refractivity contribution in [2.45, 2.75) is 60.0 Å². The SMILES string of the molecule is CC(=O)NCC(=O)NC1CC(C)N(CC(=O)C(C)C)C1=O.CCSC.Cc1ccccc1. The van der Waals surface area contributed by atoms with E-state index < -0.39 is 11.9 Å². The summed E-state index contributed by atoms with van der Waals surface area (Å²) in [7, 11) is 0. The van der Waals surface area contributed by atoms with Gasteiger partial charge in [0.25, 0.3) is 0 Å². The number of hydrogen-bond acceptors (Lipinski definition) is 5. The Morgan fingerprint density at radius 2 is 1.75 bits per heavy atom. The maximum Gasteiger partial charge on any atom is 0.245 e. The minimum absolute atomic E-state index is 0.000392. The van der Waals surface area contributed by atoms with Crippen LogP contribution in [-0.2, 0) is 19.2 Å². The summed E-state index contributed by atoms with van der Waals surface area (Å²) in [5.41, 5.74) is 1.32. The van der Waals surface area contributed by atoms with E-state index in [0.29, 0.717) is 6.42 Å². The van der Waals surface area contributed by atoms with Crippen LogP contribution in [0.25, 0.3) is 0 Å². The first kappa shape index (κ1) is 29.7. The van der Waals surface area contributed by atoms with Crippen molar-refractivity contribution in [1.29, 1.82) is 0 Å². The van der Waals surface area contributed by atoms with Crippen molar-refractivity contribution in [3.05, 3.63) is 35.9 Å². The van der Waals surface area contributed by atoms with Crippen molar-refractivity contribution in [1.82, 2.24) is 15.5 Å². The predicted octanol–water partition coefficient (Wildman–Crippen LogP) is 2.82. The van der Waals surface area contributed by atoms with Crippen molar-refractivity contribution >= 4 is 35.3 Å². The number of likely N-dealkylation sites (tertiary alicyclic amines) is 1. The summed E-state index contributed by atoms with van der Waals surface area (Å²) in [6, 6.07) is 9.55. The molecule has 32 heavy (non-hydrogen) atoms. The highest BCUT2D eigenvalue weighted by atomic mass is 32.2. The predicted molar refractivity (Wildman–Crippen MR) is 131 cm³/mol. The molecule has 0 radical (unpaired) electrons. The third-order valence-corrected chi connectivity index (χ3v) is 5.30. The van der Waals surface area contributed by atoms with Crippen LogP contribution in [0.4, 0.5) is 0 Å². The van der Waals surface area contributed by atoms with Gasteiger partial charge in [0.05, 0.1) is 13.1 Å². The van der Waals surface area contributed by atoms with Crippen LogP contribution < -0.4 is 10.6 Å². The summed E-state index contributed by atoms with van der Waals surface area (Å²) in [6.45, 7) is 10.9. The highest BCUT2D eigenvalue weighted by Gasteiger charge is 2.38. The Morgan fingerprint density at radius 1 is 1.19 bits per heavy atom. The second-order valence-electron chi connectivity index (χ2n) is 7.93. The van der Waals surface area contributed by atoms with E-state index in [1.807, 2.05) is 36.9 Å². The molecule has 180 valence electrons. The number of rotatable bonds is 7. The molecule has 0 bridgehead atoms. The summed E-state index contributed by atoms with van der Waals surface area (Å²) in [5.74, 6) is 0.153. The Hall–Kier alpha value is -2.35.